The molecular formula is C13H20N6. The minimum absolute atomic E-state index is 0.611. The van der Waals surface area contributed by atoms with Gasteiger partial charge in [-0.15, -0.1) is 0 Å². The summed E-state index contributed by atoms with van der Waals surface area (Å²) in [7, 11) is 1.82. The van der Waals surface area contributed by atoms with Crippen molar-refractivity contribution in [2.24, 2.45) is 5.92 Å². The van der Waals surface area contributed by atoms with Gasteiger partial charge in [0.15, 0.2) is 5.65 Å². The summed E-state index contributed by atoms with van der Waals surface area (Å²) >= 11 is 0. The summed E-state index contributed by atoms with van der Waals surface area (Å²) < 4.78 is 0. The van der Waals surface area contributed by atoms with Crippen molar-refractivity contribution in [2.75, 3.05) is 24.2 Å². The predicted molar refractivity (Wildman–Crippen MR) is 76.3 cm³/mol. The summed E-state index contributed by atoms with van der Waals surface area (Å²) in [6.45, 7) is 0.963. The summed E-state index contributed by atoms with van der Waals surface area (Å²) in [5, 5.41) is 14.3. The highest BCUT2D eigenvalue weighted by molar-refractivity contribution is 5.86. The molecule has 2 aromatic rings. The van der Waals surface area contributed by atoms with Gasteiger partial charge in [0.05, 0.1) is 11.6 Å². The Bertz CT molecular complexity index is 543. The van der Waals surface area contributed by atoms with Gasteiger partial charge in [0, 0.05) is 13.6 Å². The Morgan fingerprint density at radius 2 is 2.16 bits per heavy atom. The molecule has 6 heteroatoms. The summed E-state index contributed by atoms with van der Waals surface area (Å²) in [5.74, 6) is 2.36. The Labute approximate surface area is 112 Å². The van der Waals surface area contributed by atoms with E-state index in [2.05, 4.69) is 30.8 Å². The molecule has 6 nitrogen and oxygen atoms in total. The number of aromatic nitrogens is 4. The quantitative estimate of drug-likeness (QED) is 0.769. The van der Waals surface area contributed by atoms with E-state index in [0.717, 1.165) is 29.3 Å². The second-order valence-corrected chi connectivity index (χ2v) is 5.14. The first kappa shape index (κ1) is 12.2. The van der Waals surface area contributed by atoms with Crippen molar-refractivity contribution in [3.8, 4) is 0 Å². The summed E-state index contributed by atoms with van der Waals surface area (Å²) in [6.07, 6.45) is 8.55. The zero-order chi connectivity index (χ0) is 13.1. The van der Waals surface area contributed by atoms with Crippen molar-refractivity contribution in [1.29, 1.82) is 0 Å². The molecule has 0 aliphatic heterocycles. The fourth-order valence-electron chi connectivity index (χ4n) is 2.78. The molecule has 0 bridgehead atoms. The third-order valence-corrected chi connectivity index (χ3v) is 3.85. The van der Waals surface area contributed by atoms with Crippen molar-refractivity contribution in [2.45, 2.75) is 32.1 Å². The molecule has 19 heavy (non-hydrogen) atoms. The van der Waals surface area contributed by atoms with E-state index < -0.39 is 0 Å². The third-order valence-electron chi connectivity index (χ3n) is 3.85. The molecule has 0 spiro atoms. The third kappa shape index (κ3) is 2.62. The molecule has 0 atom stereocenters. The van der Waals surface area contributed by atoms with Gasteiger partial charge in [0.2, 0.25) is 5.95 Å². The van der Waals surface area contributed by atoms with Crippen LogP contribution in [-0.4, -0.2) is 33.8 Å². The average molecular weight is 260 g/mol. The van der Waals surface area contributed by atoms with Crippen LogP contribution in [0.4, 0.5) is 11.8 Å². The Hall–Kier alpha value is -1.85. The van der Waals surface area contributed by atoms with Crippen molar-refractivity contribution in [3.63, 3.8) is 0 Å². The Balaban J connectivity index is 1.70. The number of anilines is 2. The number of nitrogens with zero attached hydrogens (tertiary/aromatic N) is 3. The maximum atomic E-state index is 4.46. The van der Waals surface area contributed by atoms with E-state index in [0.29, 0.717) is 5.95 Å². The number of fused-ring (bicyclic) bond motifs is 1. The van der Waals surface area contributed by atoms with E-state index in [-0.39, 0.29) is 0 Å². The van der Waals surface area contributed by atoms with Gasteiger partial charge >= 0.3 is 0 Å². The van der Waals surface area contributed by atoms with E-state index in [1.54, 1.807) is 6.20 Å². The molecule has 3 N–H and O–H groups in total. The lowest BCUT2D eigenvalue weighted by Gasteiger charge is -2.11. The standard InChI is InChI=1S/C13H20N6/c1-14-13-17-11(10-8-16-19-12(10)18-13)15-7-6-9-4-2-3-5-9/h8-9H,2-7H2,1H3,(H3,14,15,16,17,18,19). The molecule has 0 unspecified atom stereocenters. The van der Waals surface area contributed by atoms with Gasteiger partial charge in [-0.3, -0.25) is 5.10 Å². The van der Waals surface area contributed by atoms with Crippen molar-refractivity contribution >= 4 is 22.8 Å². The maximum absolute atomic E-state index is 4.46. The lowest BCUT2D eigenvalue weighted by molar-refractivity contribution is 0.518. The van der Waals surface area contributed by atoms with Crippen LogP contribution in [0.2, 0.25) is 0 Å². The molecule has 0 amide bonds. The zero-order valence-corrected chi connectivity index (χ0v) is 11.2. The van der Waals surface area contributed by atoms with Crippen molar-refractivity contribution in [1.82, 2.24) is 20.2 Å². The minimum Gasteiger partial charge on any atom is -0.369 e. The molecule has 0 radical (unpaired) electrons. The number of H-pyrrole nitrogens is 1. The van der Waals surface area contributed by atoms with Gasteiger partial charge in [-0.1, -0.05) is 25.7 Å². The van der Waals surface area contributed by atoms with Crippen LogP contribution < -0.4 is 10.6 Å². The summed E-state index contributed by atoms with van der Waals surface area (Å²) in [6, 6.07) is 0. The molecule has 1 aliphatic rings. The Kier molecular flexibility index (Phi) is 3.48. The number of nitrogens with one attached hydrogen (secondary N) is 3. The maximum Gasteiger partial charge on any atom is 0.226 e. The fraction of sp³-hybridized carbons (Fsp3) is 0.615. The van der Waals surface area contributed by atoms with Gasteiger partial charge in [0.25, 0.3) is 0 Å². The molecule has 2 heterocycles. The van der Waals surface area contributed by atoms with Crippen LogP contribution in [0, 0.1) is 5.92 Å². The van der Waals surface area contributed by atoms with Crippen molar-refractivity contribution < 1.29 is 0 Å². The highest BCUT2D eigenvalue weighted by Crippen LogP contribution is 2.27. The SMILES string of the molecule is CNc1nc(NCCC2CCCC2)c2cn[nH]c2n1. The first-order valence-corrected chi connectivity index (χ1v) is 6.99. The summed E-state index contributed by atoms with van der Waals surface area (Å²) in [5.41, 5.74) is 0.766. The molecule has 1 fully saturated rings. The second kappa shape index (κ2) is 5.42. The summed E-state index contributed by atoms with van der Waals surface area (Å²) in [4.78, 5) is 8.78. The van der Waals surface area contributed by atoms with Crippen LogP contribution in [0.3, 0.4) is 0 Å². The van der Waals surface area contributed by atoms with Crippen LogP contribution in [0.25, 0.3) is 11.0 Å². The van der Waals surface area contributed by atoms with Gasteiger partial charge in [0.1, 0.15) is 5.82 Å². The van der Waals surface area contributed by atoms with E-state index >= 15 is 0 Å². The van der Waals surface area contributed by atoms with Gasteiger partial charge in [-0.25, -0.2) is 0 Å². The van der Waals surface area contributed by atoms with Crippen LogP contribution in [0.1, 0.15) is 32.1 Å². The lowest BCUT2D eigenvalue weighted by atomic mass is 10.0. The van der Waals surface area contributed by atoms with Crippen molar-refractivity contribution in [3.05, 3.63) is 6.20 Å². The molecular weight excluding hydrogens is 240 g/mol. The fourth-order valence-corrected chi connectivity index (χ4v) is 2.78. The minimum atomic E-state index is 0.611. The van der Waals surface area contributed by atoms with Gasteiger partial charge < -0.3 is 10.6 Å². The van der Waals surface area contributed by atoms with Gasteiger partial charge in [-0.05, 0) is 12.3 Å². The average Bonchev–Trinajstić information content (AvgIpc) is 3.08. The van der Waals surface area contributed by atoms with Gasteiger partial charge in [-0.2, -0.15) is 15.1 Å². The zero-order valence-electron chi connectivity index (χ0n) is 11.2. The van der Waals surface area contributed by atoms with Crippen LogP contribution >= 0.6 is 0 Å². The molecule has 1 aliphatic carbocycles. The first-order chi connectivity index (χ1) is 9.36. The smallest absolute Gasteiger partial charge is 0.226 e. The lowest BCUT2D eigenvalue weighted by Crippen LogP contribution is -2.09. The highest BCUT2D eigenvalue weighted by Gasteiger charge is 2.15. The van der Waals surface area contributed by atoms with Crippen LogP contribution in [0.15, 0.2) is 6.20 Å². The highest BCUT2D eigenvalue weighted by atomic mass is 15.2. The Morgan fingerprint density at radius 1 is 1.32 bits per heavy atom. The van der Waals surface area contributed by atoms with E-state index in [1.165, 1.54) is 32.1 Å². The molecule has 0 saturated heterocycles. The first-order valence-electron chi connectivity index (χ1n) is 6.99. The number of rotatable bonds is 5. The normalized spacial score (nSPS) is 16.1. The number of hydrogen-bond donors (Lipinski definition) is 3. The predicted octanol–water partition coefficient (Wildman–Crippen LogP) is 2.39. The number of hydrogen-bond acceptors (Lipinski definition) is 5. The van der Waals surface area contributed by atoms with E-state index in [4.69, 9.17) is 0 Å². The van der Waals surface area contributed by atoms with E-state index in [9.17, 15) is 0 Å². The molecule has 2 aromatic heterocycles. The van der Waals surface area contributed by atoms with Crippen LogP contribution in [-0.2, 0) is 0 Å². The number of aromatic amines is 1. The topological polar surface area (TPSA) is 78.5 Å². The van der Waals surface area contributed by atoms with Crippen LogP contribution in [0.5, 0.6) is 0 Å². The molecule has 3 rings (SSSR count). The molecule has 102 valence electrons. The molecule has 1 saturated carbocycles. The van der Waals surface area contributed by atoms with E-state index in [1.807, 2.05) is 7.05 Å². The molecule has 0 aromatic carbocycles. The monoisotopic (exact) mass is 260 g/mol. The Morgan fingerprint density at radius 3 is 2.95 bits per heavy atom. The largest absolute Gasteiger partial charge is 0.369 e. The second-order valence-electron chi connectivity index (χ2n) is 5.14.